The quantitative estimate of drug-likeness (QED) is 0.139. The highest BCUT2D eigenvalue weighted by Gasteiger charge is 2.48. The Morgan fingerprint density at radius 1 is 0.302 bits per heavy atom. The number of anilines is 3. The van der Waals surface area contributed by atoms with Crippen LogP contribution in [0.3, 0.4) is 0 Å². The zero-order chi connectivity index (χ0) is 41.7. The molecule has 12 rings (SSSR count). The second-order valence-electron chi connectivity index (χ2n) is 16.5. The van der Waals surface area contributed by atoms with Crippen molar-refractivity contribution in [3.8, 4) is 39.1 Å². The number of fused-ring (bicyclic) bond motifs is 6. The van der Waals surface area contributed by atoms with Crippen LogP contribution < -0.4 is 25.6 Å². The van der Waals surface area contributed by atoms with Crippen LogP contribution in [-0.2, 0) is 0 Å². The molecule has 10 aromatic carbocycles. The summed E-state index contributed by atoms with van der Waals surface area (Å²) in [4.78, 5) is 2.44. The summed E-state index contributed by atoms with van der Waals surface area (Å²) in [5, 5.41) is 8.16. The Bertz CT molecular complexity index is 3380. The molecule has 1 aliphatic heterocycles. The maximum Gasteiger partial charge on any atom is 0.180 e. The van der Waals surface area contributed by atoms with Crippen molar-refractivity contribution in [2.75, 3.05) is 4.90 Å². The number of nitrogens with zero attached hydrogens (tertiary/aromatic N) is 2. The number of aromatic nitrogens is 1. The lowest BCUT2D eigenvalue weighted by Crippen LogP contribution is -2.72. The Kier molecular flexibility index (Phi) is 8.87. The van der Waals surface area contributed by atoms with Crippen LogP contribution in [0.2, 0.25) is 0 Å². The van der Waals surface area contributed by atoms with Gasteiger partial charge < -0.3 is 9.47 Å². The van der Waals surface area contributed by atoms with Gasteiger partial charge in [0.05, 0.1) is 11.0 Å². The highest BCUT2D eigenvalue weighted by molar-refractivity contribution is 7.22. The van der Waals surface area contributed by atoms with E-state index in [-0.39, 0.29) is 0 Å². The van der Waals surface area contributed by atoms with Gasteiger partial charge >= 0.3 is 0 Å². The van der Waals surface area contributed by atoms with Gasteiger partial charge in [-0.3, -0.25) is 0 Å². The molecule has 63 heavy (non-hydrogen) atoms. The number of benzene rings is 10. The standard InChI is InChI=1S/C60H42N2Si/c1-5-17-43(18-6-1)44-29-34-48(35-30-44)61(49-36-31-45(32-37-49)46-33-40-58-56(41-46)53-25-13-15-27-57(53)62(58)47-19-7-2-8-20-47)50-38-39-55-54-26-14-16-28-59(54)63(60(55)42-50,51-21-9-3-10-22-51)52-23-11-4-12-24-52/h1-42H. The van der Waals surface area contributed by atoms with Crippen molar-refractivity contribution in [2.24, 2.45) is 0 Å². The Balaban J connectivity index is 1.01. The van der Waals surface area contributed by atoms with E-state index in [4.69, 9.17) is 0 Å². The maximum absolute atomic E-state index is 2.70. The van der Waals surface area contributed by atoms with Crippen LogP contribution in [0.1, 0.15) is 0 Å². The summed E-state index contributed by atoms with van der Waals surface area (Å²) < 4.78 is 2.38. The molecule has 0 bridgehead atoms. The van der Waals surface area contributed by atoms with E-state index in [0.29, 0.717) is 0 Å². The molecule has 2 heterocycles. The van der Waals surface area contributed by atoms with Gasteiger partial charge in [0, 0.05) is 33.5 Å². The molecule has 0 amide bonds. The molecule has 0 saturated carbocycles. The lowest BCUT2D eigenvalue weighted by Gasteiger charge is -2.32. The molecule has 0 saturated heterocycles. The summed E-state index contributed by atoms with van der Waals surface area (Å²) in [6, 6.07) is 94.0. The topological polar surface area (TPSA) is 8.17 Å². The van der Waals surface area contributed by atoms with Gasteiger partial charge in [0.25, 0.3) is 0 Å². The van der Waals surface area contributed by atoms with Crippen LogP contribution in [0.15, 0.2) is 255 Å². The van der Waals surface area contributed by atoms with Crippen LogP contribution >= 0.6 is 0 Å². The fraction of sp³-hybridized carbons (Fsp3) is 0. The van der Waals surface area contributed by atoms with Crippen molar-refractivity contribution in [1.82, 2.24) is 4.57 Å². The first kappa shape index (κ1) is 36.8. The largest absolute Gasteiger partial charge is 0.311 e. The normalized spacial score (nSPS) is 12.6. The minimum atomic E-state index is -2.70. The van der Waals surface area contributed by atoms with E-state index >= 15 is 0 Å². The van der Waals surface area contributed by atoms with Crippen molar-refractivity contribution >= 4 is 67.7 Å². The van der Waals surface area contributed by atoms with Crippen LogP contribution in [0.25, 0.3) is 60.9 Å². The first-order valence-electron chi connectivity index (χ1n) is 21.8. The number of para-hydroxylation sites is 2. The second-order valence-corrected chi connectivity index (χ2v) is 20.2. The SMILES string of the molecule is c1ccc(-c2ccc(N(c3ccc(-c4ccc5c(c4)c4ccccc4n5-c4ccccc4)cc3)c3ccc4c(c3)[Si](c3ccccc3)(c3ccccc3)c3ccccc3-4)cc2)cc1. The summed E-state index contributed by atoms with van der Waals surface area (Å²) in [5.74, 6) is 0. The predicted molar refractivity (Wildman–Crippen MR) is 269 cm³/mol. The number of hydrogen-bond acceptors (Lipinski definition) is 1. The molecular formula is C60H42N2Si. The van der Waals surface area contributed by atoms with E-state index in [0.717, 1.165) is 17.1 Å². The van der Waals surface area contributed by atoms with E-state index in [1.165, 1.54) is 81.6 Å². The van der Waals surface area contributed by atoms with Gasteiger partial charge in [0.15, 0.2) is 8.07 Å². The molecule has 0 aliphatic carbocycles. The Hall–Kier alpha value is -7.98. The van der Waals surface area contributed by atoms with Gasteiger partial charge in [-0.1, -0.05) is 188 Å². The zero-order valence-electron chi connectivity index (χ0n) is 34.6. The third-order valence-corrected chi connectivity index (χ3v) is 17.9. The Morgan fingerprint density at radius 3 is 1.44 bits per heavy atom. The highest BCUT2D eigenvalue weighted by atomic mass is 28.3. The molecule has 0 fully saturated rings. The molecule has 0 N–H and O–H groups in total. The van der Waals surface area contributed by atoms with Crippen LogP contribution in [0.5, 0.6) is 0 Å². The van der Waals surface area contributed by atoms with Gasteiger partial charge in [-0.25, -0.2) is 0 Å². The Morgan fingerprint density at radius 2 is 0.778 bits per heavy atom. The third-order valence-electron chi connectivity index (χ3n) is 13.1. The molecule has 0 radical (unpaired) electrons. The predicted octanol–water partition coefficient (Wildman–Crippen LogP) is 12.9. The molecular weight excluding hydrogens is 777 g/mol. The first-order chi connectivity index (χ1) is 31.3. The van der Waals surface area contributed by atoms with E-state index < -0.39 is 8.07 Å². The second kappa shape index (κ2) is 15.2. The monoisotopic (exact) mass is 818 g/mol. The van der Waals surface area contributed by atoms with Crippen LogP contribution in [0, 0.1) is 0 Å². The molecule has 2 nitrogen and oxygen atoms in total. The zero-order valence-corrected chi connectivity index (χ0v) is 35.6. The molecule has 11 aromatic rings. The molecule has 3 heteroatoms. The van der Waals surface area contributed by atoms with Gasteiger partial charge in [0.2, 0.25) is 0 Å². The fourth-order valence-corrected chi connectivity index (χ4v) is 15.5. The van der Waals surface area contributed by atoms with Gasteiger partial charge in [-0.15, -0.1) is 0 Å². The summed E-state index contributed by atoms with van der Waals surface area (Å²) in [6.45, 7) is 0. The highest BCUT2D eigenvalue weighted by Crippen LogP contribution is 2.40. The van der Waals surface area contributed by atoms with Gasteiger partial charge in [0.1, 0.15) is 0 Å². The van der Waals surface area contributed by atoms with Crippen molar-refractivity contribution in [2.45, 2.75) is 0 Å². The van der Waals surface area contributed by atoms with Crippen molar-refractivity contribution in [1.29, 1.82) is 0 Å². The lowest BCUT2D eigenvalue weighted by atomic mass is 10.0. The molecule has 296 valence electrons. The minimum absolute atomic E-state index is 1.11. The minimum Gasteiger partial charge on any atom is -0.311 e. The van der Waals surface area contributed by atoms with E-state index in [1.807, 2.05) is 0 Å². The van der Waals surface area contributed by atoms with E-state index in [1.54, 1.807) is 0 Å². The first-order valence-corrected chi connectivity index (χ1v) is 23.8. The average molecular weight is 819 g/mol. The summed E-state index contributed by atoms with van der Waals surface area (Å²) in [7, 11) is -2.70. The average Bonchev–Trinajstić information content (AvgIpc) is 3.86. The molecule has 0 atom stereocenters. The molecule has 0 spiro atoms. The maximum atomic E-state index is 2.51. The number of rotatable bonds is 8. The van der Waals surface area contributed by atoms with E-state index in [9.17, 15) is 0 Å². The lowest BCUT2D eigenvalue weighted by molar-refractivity contribution is 1.18. The fourth-order valence-electron chi connectivity index (χ4n) is 10.3. The molecule has 1 aromatic heterocycles. The smallest absolute Gasteiger partial charge is 0.180 e. The van der Waals surface area contributed by atoms with Gasteiger partial charge in [-0.05, 0) is 121 Å². The number of hydrogen-bond donors (Lipinski definition) is 0. The van der Waals surface area contributed by atoms with Crippen LogP contribution in [-0.4, -0.2) is 12.6 Å². The molecule has 1 aliphatic rings. The third kappa shape index (κ3) is 6.00. The molecule has 0 unspecified atom stereocenters. The van der Waals surface area contributed by atoms with Crippen LogP contribution in [0.4, 0.5) is 17.1 Å². The van der Waals surface area contributed by atoms with Crippen molar-refractivity contribution in [3.05, 3.63) is 255 Å². The van der Waals surface area contributed by atoms with E-state index in [2.05, 4.69) is 264 Å². The summed E-state index contributed by atoms with van der Waals surface area (Å²) >= 11 is 0. The van der Waals surface area contributed by atoms with Gasteiger partial charge in [-0.2, -0.15) is 0 Å². The summed E-state index contributed by atoms with van der Waals surface area (Å²) in [6.07, 6.45) is 0. The summed E-state index contributed by atoms with van der Waals surface area (Å²) in [5.41, 5.74) is 14.4. The van der Waals surface area contributed by atoms with Crippen molar-refractivity contribution in [3.63, 3.8) is 0 Å². The van der Waals surface area contributed by atoms with Crippen molar-refractivity contribution < 1.29 is 0 Å². The Labute approximate surface area is 369 Å².